The summed E-state index contributed by atoms with van der Waals surface area (Å²) in [4.78, 5) is 0. The van der Waals surface area contributed by atoms with Gasteiger partial charge in [-0.3, -0.25) is 0 Å². The molecule has 2 atom stereocenters. The van der Waals surface area contributed by atoms with Gasteiger partial charge in [0.15, 0.2) is 0 Å². The normalized spacial score (nSPS) is 24.6. The van der Waals surface area contributed by atoms with Gasteiger partial charge in [0.05, 0.1) is 0 Å². The van der Waals surface area contributed by atoms with E-state index >= 15 is 0 Å². The fraction of sp³-hybridized carbons (Fsp3) is 0.500. The Morgan fingerprint density at radius 2 is 2.28 bits per heavy atom. The third-order valence-electron chi connectivity index (χ3n) is 3.84. The van der Waals surface area contributed by atoms with E-state index in [0.717, 1.165) is 18.0 Å². The van der Waals surface area contributed by atoms with Gasteiger partial charge >= 0.3 is 0 Å². The minimum Gasteiger partial charge on any atom is -0.310 e. The van der Waals surface area contributed by atoms with Gasteiger partial charge in [-0.1, -0.05) is 37.6 Å². The second-order valence-corrected chi connectivity index (χ2v) is 5.23. The predicted molar refractivity (Wildman–Crippen MR) is 75.0 cm³/mol. The van der Waals surface area contributed by atoms with Crippen molar-refractivity contribution in [1.82, 2.24) is 5.32 Å². The van der Waals surface area contributed by atoms with E-state index < -0.39 is 0 Å². The van der Waals surface area contributed by atoms with Crippen LogP contribution in [-0.2, 0) is 0 Å². The first kappa shape index (κ1) is 13.3. The monoisotopic (exact) mass is 247 g/mol. The van der Waals surface area contributed by atoms with Crippen molar-refractivity contribution in [2.45, 2.75) is 39.2 Å². The average Bonchev–Trinajstić information content (AvgIpc) is 2.40. The van der Waals surface area contributed by atoms with Gasteiger partial charge in [0, 0.05) is 6.04 Å². The fourth-order valence-electron chi connectivity index (χ4n) is 2.49. The highest BCUT2D eigenvalue weighted by molar-refractivity contribution is 5.50. The molecule has 2 rings (SSSR count). The summed E-state index contributed by atoms with van der Waals surface area (Å²) >= 11 is 0. The van der Waals surface area contributed by atoms with Crippen LogP contribution >= 0.6 is 0 Å². The zero-order chi connectivity index (χ0) is 13.0. The van der Waals surface area contributed by atoms with Crippen LogP contribution in [0.4, 0.5) is 4.39 Å². The Balaban J connectivity index is 1.99. The zero-order valence-corrected chi connectivity index (χ0v) is 11.2. The number of rotatable bonds is 3. The first-order chi connectivity index (χ1) is 8.69. The van der Waals surface area contributed by atoms with Crippen LogP contribution in [0.15, 0.2) is 24.3 Å². The molecule has 1 nitrogen and oxygen atoms in total. The Morgan fingerprint density at radius 3 is 3.00 bits per heavy atom. The number of benzene rings is 1. The van der Waals surface area contributed by atoms with E-state index in [2.05, 4.69) is 18.3 Å². The van der Waals surface area contributed by atoms with Crippen molar-refractivity contribution in [3.8, 4) is 0 Å². The first-order valence-electron chi connectivity index (χ1n) is 6.86. The molecule has 1 heterocycles. The quantitative estimate of drug-likeness (QED) is 0.853. The molecule has 0 amide bonds. The molecule has 1 aromatic carbocycles. The number of hydrogen-bond donors (Lipinski definition) is 1. The highest BCUT2D eigenvalue weighted by Crippen LogP contribution is 2.20. The molecule has 0 spiro atoms. The van der Waals surface area contributed by atoms with Crippen molar-refractivity contribution >= 4 is 6.08 Å². The SMILES string of the molecule is CCC1CCNC(/C=C/c2ccc(C)c(F)c2)C1. The molecule has 1 N–H and O–H groups in total. The van der Waals surface area contributed by atoms with E-state index in [1.54, 1.807) is 13.0 Å². The number of piperidine rings is 1. The van der Waals surface area contributed by atoms with Gasteiger partial charge in [0.25, 0.3) is 0 Å². The van der Waals surface area contributed by atoms with Crippen LogP contribution in [0.25, 0.3) is 6.08 Å². The molecule has 1 fully saturated rings. The van der Waals surface area contributed by atoms with Crippen molar-refractivity contribution in [3.05, 3.63) is 41.2 Å². The zero-order valence-electron chi connectivity index (χ0n) is 11.2. The third-order valence-corrected chi connectivity index (χ3v) is 3.84. The molecule has 1 aliphatic rings. The lowest BCUT2D eigenvalue weighted by Gasteiger charge is -2.27. The first-order valence-corrected chi connectivity index (χ1v) is 6.86. The lowest BCUT2D eigenvalue weighted by atomic mass is 9.90. The molecule has 2 unspecified atom stereocenters. The molecule has 0 radical (unpaired) electrons. The van der Waals surface area contributed by atoms with Crippen LogP contribution in [0.2, 0.25) is 0 Å². The molecular weight excluding hydrogens is 225 g/mol. The second kappa shape index (κ2) is 6.14. The molecule has 0 bridgehead atoms. The van der Waals surface area contributed by atoms with E-state index in [9.17, 15) is 4.39 Å². The lowest BCUT2D eigenvalue weighted by molar-refractivity contribution is 0.326. The molecule has 0 aliphatic carbocycles. The van der Waals surface area contributed by atoms with Crippen LogP contribution in [0.1, 0.15) is 37.3 Å². The predicted octanol–water partition coefficient (Wildman–Crippen LogP) is 3.93. The summed E-state index contributed by atoms with van der Waals surface area (Å²) in [7, 11) is 0. The fourth-order valence-corrected chi connectivity index (χ4v) is 2.49. The summed E-state index contributed by atoms with van der Waals surface area (Å²) in [6.45, 7) is 5.14. The van der Waals surface area contributed by atoms with Crippen molar-refractivity contribution in [1.29, 1.82) is 0 Å². The van der Waals surface area contributed by atoms with E-state index in [4.69, 9.17) is 0 Å². The molecule has 18 heavy (non-hydrogen) atoms. The highest BCUT2D eigenvalue weighted by Gasteiger charge is 2.17. The molecule has 0 aromatic heterocycles. The maximum atomic E-state index is 13.4. The average molecular weight is 247 g/mol. The van der Waals surface area contributed by atoms with Gasteiger partial charge in [-0.25, -0.2) is 4.39 Å². The van der Waals surface area contributed by atoms with E-state index in [1.807, 2.05) is 18.2 Å². The lowest BCUT2D eigenvalue weighted by Crippen LogP contribution is -2.36. The molecule has 2 heteroatoms. The standard InChI is InChI=1S/C16H22FN/c1-3-13-8-9-18-15(10-13)7-6-14-5-4-12(2)16(17)11-14/h4-7,11,13,15,18H,3,8-10H2,1-2H3/b7-6+. The smallest absolute Gasteiger partial charge is 0.126 e. The number of hydrogen-bond acceptors (Lipinski definition) is 1. The molecule has 1 aliphatic heterocycles. The van der Waals surface area contributed by atoms with Crippen LogP contribution in [0.5, 0.6) is 0 Å². The van der Waals surface area contributed by atoms with Crippen molar-refractivity contribution in [2.75, 3.05) is 6.54 Å². The summed E-state index contributed by atoms with van der Waals surface area (Å²) in [5.74, 6) is 0.704. The number of nitrogens with one attached hydrogen (secondary N) is 1. The van der Waals surface area contributed by atoms with Gasteiger partial charge in [-0.15, -0.1) is 0 Å². The topological polar surface area (TPSA) is 12.0 Å². The highest BCUT2D eigenvalue weighted by atomic mass is 19.1. The molecule has 98 valence electrons. The Hall–Kier alpha value is -1.15. The number of aryl methyl sites for hydroxylation is 1. The minimum atomic E-state index is -0.125. The molecular formula is C16H22FN. The Morgan fingerprint density at radius 1 is 1.44 bits per heavy atom. The summed E-state index contributed by atoms with van der Waals surface area (Å²) in [5, 5.41) is 3.50. The number of halogens is 1. The van der Waals surface area contributed by atoms with Crippen LogP contribution in [0, 0.1) is 18.7 Å². The Kier molecular flexibility index (Phi) is 4.54. The second-order valence-electron chi connectivity index (χ2n) is 5.23. The Bertz CT molecular complexity index is 425. The maximum absolute atomic E-state index is 13.4. The molecule has 0 saturated carbocycles. The van der Waals surface area contributed by atoms with Gasteiger partial charge in [0.2, 0.25) is 0 Å². The molecule has 1 saturated heterocycles. The van der Waals surface area contributed by atoms with Crippen LogP contribution in [0.3, 0.4) is 0 Å². The van der Waals surface area contributed by atoms with E-state index in [0.29, 0.717) is 11.6 Å². The van der Waals surface area contributed by atoms with Crippen molar-refractivity contribution in [3.63, 3.8) is 0 Å². The van der Waals surface area contributed by atoms with Crippen LogP contribution < -0.4 is 5.32 Å². The van der Waals surface area contributed by atoms with E-state index in [1.165, 1.54) is 19.3 Å². The van der Waals surface area contributed by atoms with Gasteiger partial charge in [-0.05, 0) is 49.4 Å². The van der Waals surface area contributed by atoms with Gasteiger partial charge in [0.1, 0.15) is 5.82 Å². The summed E-state index contributed by atoms with van der Waals surface area (Å²) < 4.78 is 13.4. The maximum Gasteiger partial charge on any atom is 0.126 e. The van der Waals surface area contributed by atoms with Gasteiger partial charge < -0.3 is 5.32 Å². The van der Waals surface area contributed by atoms with E-state index in [-0.39, 0.29) is 5.82 Å². The third kappa shape index (κ3) is 3.42. The summed E-state index contributed by atoms with van der Waals surface area (Å²) in [5.41, 5.74) is 1.65. The van der Waals surface area contributed by atoms with Crippen LogP contribution in [-0.4, -0.2) is 12.6 Å². The summed E-state index contributed by atoms with van der Waals surface area (Å²) in [6.07, 6.45) is 7.93. The largest absolute Gasteiger partial charge is 0.310 e. The minimum absolute atomic E-state index is 0.125. The van der Waals surface area contributed by atoms with Crippen molar-refractivity contribution < 1.29 is 4.39 Å². The van der Waals surface area contributed by atoms with Gasteiger partial charge in [-0.2, -0.15) is 0 Å². The molecule has 1 aromatic rings. The van der Waals surface area contributed by atoms with Crippen molar-refractivity contribution in [2.24, 2.45) is 5.92 Å². The Labute approximate surface area is 109 Å². The summed E-state index contributed by atoms with van der Waals surface area (Å²) in [6, 6.07) is 5.84.